The third kappa shape index (κ3) is 5.95. The molecule has 2 aliphatic rings. The smallest absolute Gasteiger partial charge is 0.127 e. The fraction of sp³-hybridized carbons (Fsp3) is 0.0500. The zero-order valence-electron chi connectivity index (χ0n) is 35.4. The molecule has 0 saturated carbocycles. The van der Waals surface area contributed by atoms with Crippen LogP contribution in [-0.4, -0.2) is 17.3 Å². The largest absolute Gasteiger partial charge is 0.457 e. The Kier molecular flexibility index (Phi) is 8.98. The Morgan fingerprint density at radius 2 is 1.14 bits per heavy atom. The number of hydrogen-bond acceptors (Lipinski definition) is 3. The van der Waals surface area contributed by atoms with Crippen LogP contribution in [-0.2, 0) is 12.0 Å². The van der Waals surface area contributed by atoms with Crippen LogP contribution in [0.4, 0.5) is 0 Å². The Balaban J connectivity index is 0.856. The summed E-state index contributed by atoms with van der Waals surface area (Å²) < 4.78 is 8.91. The second kappa shape index (κ2) is 15.3. The molecule has 64 heavy (non-hydrogen) atoms. The number of benzene rings is 9. The van der Waals surface area contributed by atoms with E-state index in [-0.39, 0.29) is 0 Å². The number of aromatic nitrogens is 1. The summed E-state index contributed by atoms with van der Waals surface area (Å²) in [6.07, 6.45) is 2.13. The second-order valence-corrected chi connectivity index (χ2v) is 16.6. The van der Waals surface area contributed by atoms with Crippen molar-refractivity contribution in [2.45, 2.75) is 12.0 Å². The van der Waals surface area contributed by atoms with E-state index in [4.69, 9.17) is 9.73 Å². The summed E-state index contributed by atoms with van der Waals surface area (Å²) >= 11 is 0. The molecule has 1 spiro atoms. The van der Waals surface area contributed by atoms with Gasteiger partial charge in [0.2, 0.25) is 0 Å². The van der Waals surface area contributed by atoms with E-state index >= 15 is 0 Å². The van der Waals surface area contributed by atoms with Gasteiger partial charge in [0.15, 0.2) is 0 Å². The minimum atomic E-state index is -0.486. The fourth-order valence-electron chi connectivity index (χ4n) is 10.3. The van der Waals surface area contributed by atoms with Gasteiger partial charge in [-0.1, -0.05) is 176 Å². The van der Waals surface area contributed by atoms with Crippen molar-refractivity contribution in [3.05, 3.63) is 263 Å². The molecule has 304 valence electrons. The molecule has 1 aromatic heterocycles. The maximum atomic E-state index is 6.42. The summed E-state index contributed by atoms with van der Waals surface area (Å²) in [6, 6.07) is 78.3. The van der Waals surface area contributed by atoms with E-state index in [1.807, 2.05) is 31.3 Å². The van der Waals surface area contributed by atoms with Gasteiger partial charge in [0.25, 0.3) is 0 Å². The van der Waals surface area contributed by atoms with Crippen molar-refractivity contribution in [1.82, 2.24) is 9.88 Å². The van der Waals surface area contributed by atoms with Gasteiger partial charge in [-0.05, 0) is 110 Å². The number of aliphatic imine (C=N–C) groups is 1. The number of allylic oxidation sites excluding steroid dienone is 1. The fourth-order valence-corrected chi connectivity index (χ4v) is 10.3. The maximum absolute atomic E-state index is 6.42. The molecule has 2 heterocycles. The van der Waals surface area contributed by atoms with Crippen LogP contribution in [0.1, 0.15) is 38.9 Å². The second-order valence-electron chi connectivity index (χ2n) is 16.6. The molecule has 0 amide bonds. The molecule has 0 bridgehead atoms. The first-order valence-electron chi connectivity index (χ1n) is 22.0. The molecule has 0 fully saturated rings. The molecule has 0 radical (unpaired) electrons. The highest BCUT2D eigenvalue weighted by atomic mass is 16.5. The van der Waals surface area contributed by atoms with E-state index in [1.165, 1.54) is 66.4 Å². The Hall–Kier alpha value is -8.21. The standard InChI is InChI=1S/C60H43N3O/c1-61-55(42-15-4-2-5-16-42)38-56(43-17-6-3-7-18-43)62-39-40-27-32-45(33-28-40)64-46-34-29-41(30-35-46)44-31-36-48-47-19-8-10-22-51(47)60(54(48)37-44)52-23-11-13-26-58(52)63-57-25-12-9-20-49(57)50-21-14-24-53(60)59(50)63/h2-38,61H,39H2,1H3/b55-38-,62-56+. The van der Waals surface area contributed by atoms with Crippen molar-refractivity contribution >= 4 is 33.2 Å². The van der Waals surface area contributed by atoms with E-state index in [1.54, 1.807) is 0 Å². The van der Waals surface area contributed by atoms with E-state index < -0.39 is 5.41 Å². The van der Waals surface area contributed by atoms with E-state index in [0.29, 0.717) is 6.54 Å². The van der Waals surface area contributed by atoms with Gasteiger partial charge >= 0.3 is 0 Å². The van der Waals surface area contributed by atoms with Gasteiger partial charge in [-0.3, -0.25) is 4.99 Å². The van der Waals surface area contributed by atoms with Crippen molar-refractivity contribution in [2.75, 3.05) is 7.05 Å². The predicted octanol–water partition coefficient (Wildman–Crippen LogP) is 14.2. The highest BCUT2D eigenvalue weighted by molar-refractivity contribution is 6.13. The number of nitrogens with zero attached hydrogens (tertiary/aromatic N) is 2. The summed E-state index contributed by atoms with van der Waals surface area (Å²) in [4.78, 5) is 5.09. The molecule has 0 saturated heterocycles. The third-order valence-electron chi connectivity index (χ3n) is 13.2. The average molecular weight is 822 g/mol. The average Bonchev–Trinajstić information content (AvgIpc) is 3.86. The van der Waals surface area contributed by atoms with Crippen LogP contribution in [0.25, 0.3) is 55.4 Å². The molecule has 4 nitrogen and oxygen atoms in total. The van der Waals surface area contributed by atoms with E-state index in [2.05, 4.69) is 210 Å². The Labute approximate surface area is 373 Å². The summed E-state index contributed by atoms with van der Waals surface area (Å²) in [5.74, 6) is 1.57. The summed E-state index contributed by atoms with van der Waals surface area (Å²) in [5.41, 5.74) is 18.7. The topological polar surface area (TPSA) is 38.6 Å². The van der Waals surface area contributed by atoms with Gasteiger partial charge in [0.1, 0.15) is 11.5 Å². The van der Waals surface area contributed by atoms with Gasteiger partial charge < -0.3 is 14.6 Å². The molecule has 9 aromatic carbocycles. The number of nitrogens with one attached hydrogen (secondary N) is 1. The van der Waals surface area contributed by atoms with Gasteiger partial charge in [-0.15, -0.1) is 0 Å². The lowest BCUT2D eigenvalue weighted by Crippen LogP contribution is -2.33. The van der Waals surface area contributed by atoms with Crippen LogP contribution in [0, 0.1) is 0 Å². The number of rotatable bonds is 9. The number of ether oxygens (including phenoxy) is 1. The number of fused-ring (bicyclic) bond motifs is 12. The molecule has 1 atom stereocenters. The molecule has 1 unspecified atom stereocenters. The molecule has 1 aliphatic heterocycles. The number of para-hydroxylation sites is 3. The van der Waals surface area contributed by atoms with E-state index in [0.717, 1.165) is 45.2 Å². The minimum Gasteiger partial charge on any atom is -0.457 e. The molecule has 1 aliphatic carbocycles. The monoisotopic (exact) mass is 821 g/mol. The first kappa shape index (κ1) is 37.5. The van der Waals surface area contributed by atoms with Crippen molar-refractivity contribution in [3.8, 4) is 39.4 Å². The lowest BCUT2D eigenvalue weighted by atomic mass is 9.65. The first-order chi connectivity index (χ1) is 31.7. The lowest BCUT2D eigenvalue weighted by Gasteiger charge is -2.39. The SMILES string of the molecule is CN/C(=C\C(=N/Cc1ccc(Oc2ccc(-c3ccc4c(c3)C3(c5ccccc5-4)c4ccccc4-n4c5ccccc5c5cccc3c54)cc2)cc1)c1ccccc1)c1ccccc1. The number of hydrogen-bond donors (Lipinski definition) is 1. The Morgan fingerprint density at radius 3 is 1.92 bits per heavy atom. The highest BCUT2D eigenvalue weighted by Gasteiger charge is 2.50. The van der Waals surface area contributed by atoms with Gasteiger partial charge in [0.05, 0.1) is 34.4 Å². The van der Waals surface area contributed by atoms with Crippen LogP contribution >= 0.6 is 0 Å². The van der Waals surface area contributed by atoms with Gasteiger partial charge in [0, 0.05) is 23.5 Å². The normalized spacial score (nSPS) is 15.0. The lowest BCUT2D eigenvalue weighted by molar-refractivity contribution is 0.482. The van der Waals surface area contributed by atoms with E-state index in [9.17, 15) is 0 Å². The zero-order chi connectivity index (χ0) is 42.6. The molecule has 1 N–H and O–H groups in total. The molecular formula is C60H43N3O. The zero-order valence-corrected chi connectivity index (χ0v) is 35.4. The Bertz CT molecular complexity index is 3450. The quantitative estimate of drug-likeness (QED) is 0.147. The summed E-state index contributed by atoms with van der Waals surface area (Å²) in [5, 5.41) is 5.93. The van der Waals surface area contributed by atoms with Gasteiger partial charge in [-0.25, -0.2) is 0 Å². The Morgan fingerprint density at radius 1 is 0.531 bits per heavy atom. The maximum Gasteiger partial charge on any atom is 0.127 e. The summed E-state index contributed by atoms with van der Waals surface area (Å²) in [6.45, 7) is 0.541. The van der Waals surface area contributed by atoms with Crippen LogP contribution in [0.3, 0.4) is 0 Å². The van der Waals surface area contributed by atoms with Crippen LogP contribution in [0.15, 0.2) is 229 Å². The summed E-state index contributed by atoms with van der Waals surface area (Å²) in [7, 11) is 1.95. The first-order valence-corrected chi connectivity index (χ1v) is 22.0. The molecule has 4 heteroatoms. The molecular weight excluding hydrogens is 779 g/mol. The van der Waals surface area contributed by atoms with Crippen LogP contribution in [0.5, 0.6) is 11.5 Å². The van der Waals surface area contributed by atoms with Crippen molar-refractivity contribution < 1.29 is 4.74 Å². The highest BCUT2D eigenvalue weighted by Crippen LogP contribution is 2.61. The van der Waals surface area contributed by atoms with Crippen molar-refractivity contribution in [2.24, 2.45) is 4.99 Å². The molecule has 12 rings (SSSR count). The third-order valence-corrected chi connectivity index (χ3v) is 13.2. The molecule has 10 aromatic rings. The minimum absolute atomic E-state index is 0.486. The van der Waals surface area contributed by atoms with Crippen LogP contribution < -0.4 is 10.1 Å². The van der Waals surface area contributed by atoms with Crippen molar-refractivity contribution in [1.29, 1.82) is 0 Å². The van der Waals surface area contributed by atoms with Crippen LogP contribution in [0.2, 0.25) is 0 Å². The van der Waals surface area contributed by atoms with Crippen molar-refractivity contribution in [3.63, 3.8) is 0 Å². The predicted molar refractivity (Wildman–Crippen MR) is 264 cm³/mol. The van der Waals surface area contributed by atoms with Gasteiger partial charge in [-0.2, -0.15) is 0 Å².